The molecule has 0 amide bonds. The zero-order chi connectivity index (χ0) is 26.2. The van der Waals surface area contributed by atoms with Gasteiger partial charge in [-0.05, 0) is 71.2 Å². The molecule has 1 aliphatic heterocycles. The van der Waals surface area contributed by atoms with Gasteiger partial charge in [0.15, 0.2) is 0 Å². The molecular weight excluding hydrogens is 553 g/mol. The third-order valence-electron chi connectivity index (χ3n) is 6.45. The molecule has 1 aliphatic rings. The van der Waals surface area contributed by atoms with E-state index in [1.54, 1.807) is 30.6 Å². The Kier molecular flexibility index (Phi) is 6.96. The summed E-state index contributed by atoms with van der Waals surface area (Å²) in [5, 5.41) is 10.6. The number of ether oxygens (including phenoxy) is 1. The van der Waals surface area contributed by atoms with E-state index in [-0.39, 0.29) is 40.6 Å². The van der Waals surface area contributed by atoms with Crippen molar-refractivity contribution in [2.75, 3.05) is 6.54 Å². The van der Waals surface area contributed by atoms with Gasteiger partial charge in [-0.15, -0.1) is 0 Å². The van der Waals surface area contributed by atoms with Gasteiger partial charge in [-0.2, -0.15) is 13.2 Å². The van der Waals surface area contributed by atoms with Gasteiger partial charge in [0.05, 0.1) is 15.4 Å². The first-order valence-electron chi connectivity index (χ1n) is 11.7. The number of hydrogen-bond acceptors (Lipinski definition) is 6. The predicted molar refractivity (Wildman–Crippen MR) is 135 cm³/mol. The summed E-state index contributed by atoms with van der Waals surface area (Å²) in [5.74, 6) is -2.74. The van der Waals surface area contributed by atoms with Gasteiger partial charge in [0.25, 0.3) is 5.76 Å². The molecule has 0 unspecified atom stereocenters. The Morgan fingerprint density at radius 1 is 1.14 bits per heavy atom. The highest BCUT2D eigenvalue weighted by Gasteiger charge is 2.41. The standard InChI is InChI=1S/C27H22BrF3N2O4/c28-19-7-1-2-9-22(19)36-25-23(35)17-10-11-21(34)18(24(17)37-26(25)27(29,30)31)15-33-13-4-3-8-20(33)16-6-5-12-32-14-16/h1-2,5-7,9-12,14,20,34H,3-4,8,13,15H2/t20-/m0/s1. The van der Waals surface area contributed by atoms with E-state index in [9.17, 15) is 23.1 Å². The molecule has 0 saturated carbocycles. The van der Waals surface area contributed by atoms with Crippen LogP contribution in [0.1, 0.15) is 42.2 Å². The number of aromatic nitrogens is 1. The Bertz CT molecular complexity index is 1490. The molecule has 0 spiro atoms. The van der Waals surface area contributed by atoms with Gasteiger partial charge >= 0.3 is 6.18 Å². The SMILES string of the molecule is O=c1c(Oc2ccccc2Br)c(C(F)(F)F)oc2c(CN3CCCC[C@H]3c3cccnc3)c(O)ccc12. The second-order valence-electron chi connectivity index (χ2n) is 8.83. The van der Waals surface area contributed by atoms with Crippen molar-refractivity contribution in [2.24, 2.45) is 0 Å². The molecule has 1 N–H and O–H groups in total. The van der Waals surface area contributed by atoms with E-state index in [1.165, 1.54) is 18.2 Å². The number of hydrogen-bond donors (Lipinski definition) is 1. The average Bonchev–Trinajstić information content (AvgIpc) is 2.88. The number of para-hydroxylation sites is 1. The zero-order valence-corrected chi connectivity index (χ0v) is 21.1. The Hall–Kier alpha value is -3.37. The molecule has 6 nitrogen and oxygen atoms in total. The van der Waals surface area contributed by atoms with Crippen LogP contribution in [0.25, 0.3) is 11.0 Å². The number of phenolic OH excluding ortho intramolecular Hbond substituents is 1. The normalized spacial score (nSPS) is 16.7. The minimum absolute atomic E-state index is 0.0336. The lowest BCUT2D eigenvalue weighted by Crippen LogP contribution is -2.33. The molecule has 1 saturated heterocycles. The van der Waals surface area contributed by atoms with Crippen LogP contribution in [0.2, 0.25) is 0 Å². The number of phenols is 1. The fraction of sp³-hybridized carbons (Fsp3) is 0.259. The second kappa shape index (κ2) is 10.2. The fourth-order valence-electron chi connectivity index (χ4n) is 4.69. The molecule has 3 heterocycles. The fourth-order valence-corrected chi connectivity index (χ4v) is 5.06. The highest BCUT2D eigenvalue weighted by molar-refractivity contribution is 9.10. The number of nitrogens with zero attached hydrogens (tertiary/aromatic N) is 2. The molecule has 37 heavy (non-hydrogen) atoms. The first-order valence-corrected chi connectivity index (χ1v) is 12.5. The largest absolute Gasteiger partial charge is 0.507 e. The lowest BCUT2D eigenvalue weighted by Gasteiger charge is -2.36. The topological polar surface area (TPSA) is 75.8 Å². The minimum Gasteiger partial charge on any atom is -0.507 e. The van der Waals surface area contributed by atoms with Crippen LogP contribution in [0.4, 0.5) is 13.2 Å². The van der Waals surface area contributed by atoms with Crippen molar-refractivity contribution >= 4 is 26.9 Å². The summed E-state index contributed by atoms with van der Waals surface area (Å²) in [6.45, 7) is 0.752. The van der Waals surface area contributed by atoms with E-state index < -0.39 is 23.1 Å². The van der Waals surface area contributed by atoms with Gasteiger partial charge in [0.1, 0.15) is 17.1 Å². The third-order valence-corrected chi connectivity index (χ3v) is 7.10. The zero-order valence-electron chi connectivity index (χ0n) is 19.5. The monoisotopic (exact) mass is 574 g/mol. The Morgan fingerprint density at radius 2 is 1.95 bits per heavy atom. The van der Waals surface area contributed by atoms with Crippen molar-refractivity contribution in [3.63, 3.8) is 0 Å². The number of aromatic hydroxyl groups is 1. The van der Waals surface area contributed by atoms with Crippen LogP contribution in [-0.4, -0.2) is 21.5 Å². The van der Waals surface area contributed by atoms with Gasteiger partial charge in [-0.25, -0.2) is 0 Å². The molecule has 10 heteroatoms. The molecule has 1 atom stereocenters. The van der Waals surface area contributed by atoms with Crippen LogP contribution in [0, 0.1) is 0 Å². The number of likely N-dealkylation sites (tertiary alicyclic amines) is 1. The lowest BCUT2D eigenvalue weighted by atomic mass is 9.95. The summed E-state index contributed by atoms with van der Waals surface area (Å²) in [6, 6.07) is 12.6. The number of benzene rings is 2. The van der Waals surface area contributed by atoms with Crippen molar-refractivity contribution in [1.29, 1.82) is 0 Å². The molecule has 0 bridgehead atoms. The Morgan fingerprint density at radius 3 is 2.68 bits per heavy atom. The quantitative estimate of drug-likeness (QED) is 0.272. The van der Waals surface area contributed by atoms with E-state index in [2.05, 4.69) is 25.8 Å². The molecule has 4 aromatic rings. The second-order valence-corrected chi connectivity index (χ2v) is 9.68. The number of alkyl halides is 3. The molecule has 0 aliphatic carbocycles. The summed E-state index contributed by atoms with van der Waals surface area (Å²) in [5.41, 5.74) is -0.202. The smallest absolute Gasteiger partial charge is 0.453 e. The first kappa shape index (κ1) is 25.3. The van der Waals surface area contributed by atoms with Crippen molar-refractivity contribution in [2.45, 2.75) is 38.0 Å². The molecule has 2 aromatic carbocycles. The Balaban J connectivity index is 1.63. The summed E-state index contributed by atoms with van der Waals surface area (Å²) in [6.07, 6.45) is 1.13. The van der Waals surface area contributed by atoms with Crippen molar-refractivity contribution in [3.05, 3.63) is 92.5 Å². The van der Waals surface area contributed by atoms with Crippen molar-refractivity contribution in [3.8, 4) is 17.2 Å². The summed E-state index contributed by atoms with van der Waals surface area (Å²) >= 11 is 3.22. The highest BCUT2D eigenvalue weighted by Crippen LogP contribution is 2.42. The Labute approximate surface area is 218 Å². The van der Waals surface area contributed by atoms with E-state index >= 15 is 0 Å². The van der Waals surface area contributed by atoms with Crippen LogP contribution >= 0.6 is 15.9 Å². The van der Waals surface area contributed by atoms with Crippen molar-refractivity contribution < 1.29 is 27.4 Å². The van der Waals surface area contributed by atoms with Crippen LogP contribution in [0.3, 0.4) is 0 Å². The van der Waals surface area contributed by atoms with Crippen LogP contribution in [-0.2, 0) is 12.7 Å². The molecule has 192 valence electrons. The van der Waals surface area contributed by atoms with E-state index in [0.717, 1.165) is 24.8 Å². The predicted octanol–water partition coefficient (Wildman–Crippen LogP) is 7.19. The third kappa shape index (κ3) is 5.08. The summed E-state index contributed by atoms with van der Waals surface area (Å²) in [7, 11) is 0. The van der Waals surface area contributed by atoms with Gasteiger partial charge < -0.3 is 14.3 Å². The van der Waals surface area contributed by atoms with E-state index in [1.807, 2.05) is 12.1 Å². The number of fused-ring (bicyclic) bond motifs is 1. The molecule has 5 rings (SSSR count). The minimum atomic E-state index is -5.02. The number of piperidine rings is 1. The molecular formula is C27H22BrF3N2O4. The first-order chi connectivity index (χ1) is 17.7. The van der Waals surface area contributed by atoms with E-state index in [0.29, 0.717) is 11.0 Å². The van der Waals surface area contributed by atoms with Gasteiger partial charge in [0.2, 0.25) is 11.2 Å². The molecule has 1 fully saturated rings. The maximum atomic E-state index is 14.1. The number of rotatable bonds is 5. The van der Waals surface area contributed by atoms with E-state index in [4.69, 9.17) is 9.15 Å². The van der Waals surface area contributed by atoms with Gasteiger partial charge in [-0.3, -0.25) is 14.7 Å². The lowest BCUT2D eigenvalue weighted by molar-refractivity contribution is -0.154. The number of halogens is 4. The van der Waals surface area contributed by atoms with Crippen LogP contribution in [0.5, 0.6) is 17.2 Å². The van der Waals surface area contributed by atoms with Gasteiger partial charge in [0, 0.05) is 25.0 Å². The van der Waals surface area contributed by atoms with Crippen LogP contribution in [0.15, 0.2) is 74.6 Å². The average molecular weight is 575 g/mol. The summed E-state index contributed by atoms with van der Waals surface area (Å²) in [4.78, 5) is 19.6. The maximum Gasteiger partial charge on any atom is 0.453 e. The summed E-state index contributed by atoms with van der Waals surface area (Å²) < 4.78 is 53.6. The molecule has 2 aromatic heterocycles. The highest BCUT2D eigenvalue weighted by atomic mass is 79.9. The number of pyridine rings is 1. The van der Waals surface area contributed by atoms with Crippen LogP contribution < -0.4 is 10.2 Å². The molecule has 0 radical (unpaired) electrons. The van der Waals surface area contributed by atoms with Gasteiger partial charge in [-0.1, -0.05) is 24.6 Å². The van der Waals surface area contributed by atoms with Crippen molar-refractivity contribution in [1.82, 2.24) is 9.88 Å². The maximum absolute atomic E-state index is 14.1.